The molecule has 0 aliphatic heterocycles. The molecule has 0 aliphatic carbocycles. The van der Waals surface area contributed by atoms with Crippen LogP contribution in [0.15, 0.2) is 4.52 Å². The Labute approximate surface area is 88.2 Å². The number of amides is 1. The van der Waals surface area contributed by atoms with Gasteiger partial charge in [-0.15, -0.1) is 0 Å². The summed E-state index contributed by atoms with van der Waals surface area (Å²) < 4.78 is 4.81. The van der Waals surface area contributed by atoms with Crippen LogP contribution in [0.4, 0.5) is 0 Å². The monoisotopic (exact) mass is 212 g/mol. The number of hydrogen-bond donors (Lipinski definition) is 2. The van der Waals surface area contributed by atoms with Gasteiger partial charge in [-0.2, -0.15) is 4.98 Å². The summed E-state index contributed by atoms with van der Waals surface area (Å²) in [5, 5.41) is 6.89. The number of aryl methyl sites for hydroxylation is 1. The van der Waals surface area contributed by atoms with E-state index in [1.54, 1.807) is 6.92 Å². The first kappa shape index (κ1) is 11.6. The van der Waals surface area contributed by atoms with Gasteiger partial charge in [-0.25, -0.2) is 0 Å². The quantitative estimate of drug-likeness (QED) is 0.626. The Morgan fingerprint density at radius 2 is 2.33 bits per heavy atom. The summed E-state index contributed by atoms with van der Waals surface area (Å²) in [7, 11) is 0. The minimum absolute atomic E-state index is 0.246. The number of carbonyl (C=O) groups excluding carboxylic acids is 1. The summed E-state index contributed by atoms with van der Waals surface area (Å²) in [6.07, 6.45) is 2.18. The molecule has 0 saturated carbocycles. The fourth-order valence-electron chi connectivity index (χ4n) is 1.16. The predicted octanol–water partition coefficient (Wildman–Crippen LogP) is 0.123. The second kappa shape index (κ2) is 6.13. The van der Waals surface area contributed by atoms with Crippen molar-refractivity contribution in [1.82, 2.24) is 15.5 Å². The van der Waals surface area contributed by atoms with E-state index in [-0.39, 0.29) is 5.91 Å². The van der Waals surface area contributed by atoms with Gasteiger partial charge in [0.15, 0.2) is 5.82 Å². The van der Waals surface area contributed by atoms with Crippen LogP contribution < -0.4 is 11.1 Å². The molecule has 15 heavy (non-hydrogen) atoms. The normalized spacial score (nSPS) is 10.5. The zero-order chi connectivity index (χ0) is 11.1. The first-order valence-electron chi connectivity index (χ1n) is 4.96. The minimum Gasteiger partial charge on any atom is -0.370 e. The van der Waals surface area contributed by atoms with Crippen LogP contribution >= 0.6 is 0 Å². The van der Waals surface area contributed by atoms with Crippen molar-refractivity contribution in [2.24, 2.45) is 5.73 Å². The van der Waals surface area contributed by atoms with Gasteiger partial charge < -0.3 is 15.6 Å². The Bertz CT molecular complexity index is 311. The Hall–Kier alpha value is -1.43. The highest BCUT2D eigenvalue weighted by molar-refractivity contribution is 5.73. The summed E-state index contributed by atoms with van der Waals surface area (Å²) in [6.45, 7) is 3.16. The predicted molar refractivity (Wildman–Crippen MR) is 53.8 cm³/mol. The maximum Gasteiger partial charge on any atom is 0.223 e. The molecule has 0 aliphatic rings. The van der Waals surface area contributed by atoms with E-state index in [0.717, 1.165) is 19.4 Å². The molecule has 0 radical (unpaired) electrons. The van der Waals surface area contributed by atoms with Gasteiger partial charge in [0.2, 0.25) is 11.8 Å². The van der Waals surface area contributed by atoms with E-state index in [1.807, 2.05) is 0 Å². The average Bonchev–Trinajstić information content (AvgIpc) is 2.57. The van der Waals surface area contributed by atoms with Crippen molar-refractivity contribution in [3.05, 3.63) is 11.7 Å². The number of unbranched alkanes of at least 4 members (excludes halogenated alkanes) is 1. The lowest BCUT2D eigenvalue weighted by atomic mass is 10.2. The largest absolute Gasteiger partial charge is 0.370 e. The zero-order valence-corrected chi connectivity index (χ0v) is 8.82. The second-order valence-electron chi connectivity index (χ2n) is 3.33. The topological polar surface area (TPSA) is 94.0 Å². The molecule has 6 heteroatoms. The number of nitrogens with zero attached hydrogens (tertiary/aromatic N) is 2. The van der Waals surface area contributed by atoms with Gasteiger partial charge in [-0.3, -0.25) is 4.79 Å². The third kappa shape index (κ3) is 5.11. The Morgan fingerprint density at radius 3 is 2.93 bits per heavy atom. The molecule has 0 unspecified atom stereocenters. The van der Waals surface area contributed by atoms with Crippen molar-refractivity contribution in [3.8, 4) is 0 Å². The van der Waals surface area contributed by atoms with E-state index in [2.05, 4.69) is 15.5 Å². The highest BCUT2D eigenvalue weighted by Crippen LogP contribution is 1.95. The summed E-state index contributed by atoms with van der Waals surface area (Å²) in [4.78, 5) is 14.5. The molecule has 0 fully saturated rings. The SMILES string of the molecule is Cc1nc(CNCCCCC(N)=O)no1. The molecule has 1 rings (SSSR count). The lowest BCUT2D eigenvalue weighted by Crippen LogP contribution is -2.16. The third-order valence-electron chi connectivity index (χ3n) is 1.88. The molecule has 0 atom stereocenters. The van der Waals surface area contributed by atoms with Gasteiger partial charge in [-0.05, 0) is 19.4 Å². The maximum atomic E-state index is 10.4. The molecule has 6 nitrogen and oxygen atoms in total. The van der Waals surface area contributed by atoms with Crippen molar-refractivity contribution in [2.45, 2.75) is 32.7 Å². The average molecular weight is 212 g/mol. The zero-order valence-electron chi connectivity index (χ0n) is 8.82. The summed E-state index contributed by atoms with van der Waals surface area (Å²) in [5.41, 5.74) is 5.01. The number of aromatic nitrogens is 2. The van der Waals surface area contributed by atoms with Crippen LogP contribution in [0.2, 0.25) is 0 Å². The molecule has 1 amide bonds. The van der Waals surface area contributed by atoms with Crippen LogP contribution in [-0.2, 0) is 11.3 Å². The first-order chi connectivity index (χ1) is 7.18. The molecule has 0 aromatic carbocycles. The summed E-state index contributed by atoms with van der Waals surface area (Å²) in [5.74, 6) is 0.978. The van der Waals surface area contributed by atoms with Crippen molar-refractivity contribution >= 4 is 5.91 Å². The molecule has 84 valence electrons. The van der Waals surface area contributed by atoms with Gasteiger partial charge >= 0.3 is 0 Å². The number of hydrogen-bond acceptors (Lipinski definition) is 5. The lowest BCUT2D eigenvalue weighted by Gasteiger charge is -2.00. The molecule has 1 aromatic rings. The van der Waals surface area contributed by atoms with Crippen molar-refractivity contribution in [1.29, 1.82) is 0 Å². The number of nitrogens with two attached hydrogens (primary N) is 1. The molecular weight excluding hydrogens is 196 g/mol. The third-order valence-corrected chi connectivity index (χ3v) is 1.88. The van der Waals surface area contributed by atoms with Crippen LogP contribution in [0.5, 0.6) is 0 Å². The van der Waals surface area contributed by atoms with E-state index < -0.39 is 0 Å². The molecule has 3 N–H and O–H groups in total. The highest BCUT2D eigenvalue weighted by atomic mass is 16.5. The van der Waals surface area contributed by atoms with Crippen LogP contribution in [0.3, 0.4) is 0 Å². The van der Waals surface area contributed by atoms with Crippen molar-refractivity contribution < 1.29 is 9.32 Å². The van der Waals surface area contributed by atoms with E-state index >= 15 is 0 Å². The number of rotatable bonds is 7. The van der Waals surface area contributed by atoms with E-state index in [1.165, 1.54) is 0 Å². The van der Waals surface area contributed by atoms with Gasteiger partial charge in [0, 0.05) is 13.3 Å². The van der Waals surface area contributed by atoms with E-state index in [4.69, 9.17) is 10.3 Å². The van der Waals surface area contributed by atoms with Crippen molar-refractivity contribution in [2.75, 3.05) is 6.54 Å². The van der Waals surface area contributed by atoms with Crippen LogP contribution in [0, 0.1) is 6.92 Å². The van der Waals surface area contributed by atoms with Gasteiger partial charge in [0.25, 0.3) is 0 Å². The molecule has 1 aromatic heterocycles. The van der Waals surface area contributed by atoms with Crippen molar-refractivity contribution in [3.63, 3.8) is 0 Å². The van der Waals surface area contributed by atoms with Gasteiger partial charge in [-0.1, -0.05) is 5.16 Å². The Kier molecular flexibility index (Phi) is 4.76. The smallest absolute Gasteiger partial charge is 0.223 e. The Balaban J connectivity index is 2.00. The standard InChI is InChI=1S/C9H16N4O2/c1-7-12-9(13-15-7)6-11-5-3-2-4-8(10)14/h11H,2-6H2,1H3,(H2,10,14). The second-order valence-corrected chi connectivity index (χ2v) is 3.33. The fraction of sp³-hybridized carbons (Fsp3) is 0.667. The van der Waals surface area contributed by atoms with Gasteiger partial charge in [0.1, 0.15) is 0 Å². The first-order valence-corrected chi connectivity index (χ1v) is 4.96. The summed E-state index contributed by atoms with van der Waals surface area (Å²) >= 11 is 0. The highest BCUT2D eigenvalue weighted by Gasteiger charge is 2.00. The fourth-order valence-corrected chi connectivity index (χ4v) is 1.16. The van der Waals surface area contributed by atoms with Gasteiger partial charge in [0.05, 0.1) is 6.54 Å². The van der Waals surface area contributed by atoms with Crippen LogP contribution in [-0.4, -0.2) is 22.6 Å². The van der Waals surface area contributed by atoms with E-state index in [0.29, 0.717) is 24.7 Å². The maximum absolute atomic E-state index is 10.4. The summed E-state index contributed by atoms with van der Waals surface area (Å²) in [6, 6.07) is 0. The van der Waals surface area contributed by atoms with E-state index in [9.17, 15) is 4.79 Å². The molecule has 0 spiro atoms. The van der Waals surface area contributed by atoms with Crippen LogP contribution in [0.25, 0.3) is 0 Å². The molecule has 0 bridgehead atoms. The lowest BCUT2D eigenvalue weighted by molar-refractivity contribution is -0.118. The number of primary amides is 1. The number of nitrogens with one attached hydrogen (secondary N) is 1. The Morgan fingerprint density at radius 1 is 1.53 bits per heavy atom. The number of carbonyl (C=O) groups is 1. The molecular formula is C9H16N4O2. The molecule has 1 heterocycles. The minimum atomic E-state index is -0.246. The molecule has 0 saturated heterocycles. The van der Waals surface area contributed by atoms with Crippen LogP contribution in [0.1, 0.15) is 31.0 Å².